The number of rotatable bonds is 1. The first-order valence-electron chi connectivity index (χ1n) is 5.60. The minimum atomic E-state index is 0.276. The lowest BCUT2D eigenvalue weighted by Gasteiger charge is -2.13. The second-order valence-corrected chi connectivity index (χ2v) is 4.42. The summed E-state index contributed by atoms with van der Waals surface area (Å²) in [5, 5.41) is 19.6. The van der Waals surface area contributed by atoms with Gasteiger partial charge in [0.05, 0.1) is 0 Å². The lowest BCUT2D eigenvalue weighted by molar-refractivity contribution is 0.470. The Bertz CT molecular complexity index is 551. The molecular formula is C15H16O2. The van der Waals surface area contributed by atoms with Gasteiger partial charge < -0.3 is 10.2 Å². The predicted octanol–water partition coefficient (Wildman–Crippen LogP) is 3.69. The van der Waals surface area contributed by atoms with Crippen LogP contribution in [0.5, 0.6) is 11.5 Å². The van der Waals surface area contributed by atoms with Crippen molar-refractivity contribution in [1.82, 2.24) is 0 Å². The van der Waals surface area contributed by atoms with Gasteiger partial charge in [-0.1, -0.05) is 12.1 Å². The van der Waals surface area contributed by atoms with E-state index in [4.69, 9.17) is 0 Å². The molecule has 0 saturated carbocycles. The van der Waals surface area contributed by atoms with Crippen molar-refractivity contribution in [3.63, 3.8) is 0 Å². The molecule has 0 aliphatic heterocycles. The van der Waals surface area contributed by atoms with Crippen LogP contribution in [0.1, 0.15) is 16.7 Å². The highest BCUT2D eigenvalue weighted by Crippen LogP contribution is 2.36. The van der Waals surface area contributed by atoms with Crippen LogP contribution in [-0.4, -0.2) is 10.2 Å². The van der Waals surface area contributed by atoms with Crippen molar-refractivity contribution >= 4 is 0 Å². The fourth-order valence-corrected chi connectivity index (χ4v) is 2.07. The average Bonchev–Trinajstić information content (AvgIpc) is 2.25. The maximum Gasteiger partial charge on any atom is 0.123 e. The van der Waals surface area contributed by atoms with E-state index in [9.17, 15) is 10.2 Å². The minimum absolute atomic E-state index is 0.276. The normalized spacial score (nSPS) is 10.5. The van der Waals surface area contributed by atoms with Gasteiger partial charge in [0.2, 0.25) is 0 Å². The first kappa shape index (κ1) is 11.5. The van der Waals surface area contributed by atoms with Gasteiger partial charge in [-0.2, -0.15) is 0 Å². The molecule has 0 atom stereocenters. The van der Waals surface area contributed by atoms with Gasteiger partial charge in [-0.15, -0.1) is 0 Å². The van der Waals surface area contributed by atoms with E-state index in [0.717, 1.165) is 27.8 Å². The average molecular weight is 228 g/mol. The zero-order chi connectivity index (χ0) is 12.6. The molecule has 2 aromatic rings. The number of phenols is 2. The quantitative estimate of drug-likeness (QED) is 0.781. The Morgan fingerprint density at radius 3 is 2.12 bits per heavy atom. The van der Waals surface area contributed by atoms with Crippen LogP contribution in [-0.2, 0) is 0 Å². The molecule has 2 nitrogen and oxygen atoms in total. The Hall–Kier alpha value is -1.96. The Balaban J connectivity index is 2.73. The largest absolute Gasteiger partial charge is 0.508 e. The van der Waals surface area contributed by atoms with Gasteiger partial charge in [0.15, 0.2) is 0 Å². The van der Waals surface area contributed by atoms with E-state index in [1.807, 2.05) is 39.0 Å². The summed E-state index contributed by atoms with van der Waals surface area (Å²) in [6, 6.07) is 9.13. The molecule has 0 aliphatic carbocycles. The van der Waals surface area contributed by atoms with Gasteiger partial charge in [-0.3, -0.25) is 0 Å². The van der Waals surface area contributed by atoms with Crippen molar-refractivity contribution in [3.05, 3.63) is 47.0 Å². The molecule has 0 heterocycles. The van der Waals surface area contributed by atoms with E-state index in [1.165, 1.54) is 0 Å². The molecule has 0 saturated heterocycles. The van der Waals surface area contributed by atoms with Crippen LogP contribution in [0, 0.1) is 20.8 Å². The molecule has 2 rings (SSSR count). The molecule has 0 aromatic heterocycles. The van der Waals surface area contributed by atoms with E-state index >= 15 is 0 Å². The summed E-state index contributed by atoms with van der Waals surface area (Å²) in [5.41, 5.74) is 4.60. The minimum Gasteiger partial charge on any atom is -0.508 e. The summed E-state index contributed by atoms with van der Waals surface area (Å²) in [6.45, 7) is 5.75. The summed E-state index contributed by atoms with van der Waals surface area (Å²) in [5.74, 6) is 0.567. The van der Waals surface area contributed by atoms with E-state index in [-0.39, 0.29) is 5.75 Å². The summed E-state index contributed by atoms with van der Waals surface area (Å²) >= 11 is 0. The van der Waals surface area contributed by atoms with Crippen molar-refractivity contribution in [2.75, 3.05) is 0 Å². The van der Waals surface area contributed by atoms with E-state index in [1.54, 1.807) is 12.1 Å². The zero-order valence-corrected chi connectivity index (χ0v) is 10.3. The van der Waals surface area contributed by atoms with Crippen molar-refractivity contribution in [2.24, 2.45) is 0 Å². The molecule has 0 unspecified atom stereocenters. The highest BCUT2D eigenvalue weighted by atomic mass is 16.3. The van der Waals surface area contributed by atoms with Crippen molar-refractivity contribution in [2.45, 2.75) is 20.8 Å². The number of hydrogen-bond acceptors (Lipinski definition) is 2. The lowest BCUT2D eigenvalue weighted by Crippen LogP contribution is -1.89. The van der Waals surface area contributed by atoms with Gasteiger partial charge in [-0.05, 0) is 61.2 Å². The smallest absolute Gasteiger partial charge is 0.123 e. The molecular weight excluding hydrogens is 212 g/mol. The molecule has 0 fully saturated rings. The number of aromatic hydroxyl groups is 2. The predicted molar refractivity (Wildman–Crippen MR) is 69.4 cm³/mol. The van der Waals surface area contributed by atoms with Crippen LogP contribution in [0.4, 0.5) is 0 Å². The second-order valence-electron chi connectivity index (χ2n) is 4.42. The Morgan fingerprint density at radius 2 is 1.47 bits per heavy atom. The second kappa shape index (κ2) is 4.13. The molecule has 0 bridgehead atoms. The fourth-order valence-electron chi connectivity index (χ4n) is 2.07. The molecule has 2 heteroatoms. The molecule has 88 valence electrons. The lowest BCUT2D eigenvalue weighted by atomic mass is 9.94. The standard InChI is InChI=1S/C15H16O2/c1-9-5-4-6-13(16)15(9)12-7-11(3)14(17)8-10(12)2/h4-8,16-17H,1-3H3. The number of phenolic OH excluding ortho intramolecular Hbond substituents is 2. The van der Waals surface area contributed by atoms with Gasteiger partial charge in [0.1, 0.15) is 11.5 Å². The molecule has 2 aromatic carbocycles. The summed E-state index contributed by atoms with van der Waals surface area (Å²) in [6.07, 6.45) is 0. The molecule has 0 radical (unpaired) electrons. The monoisotopic (exact) mass is 228 g/mol. The van der Waals surface area contributed by atoms with Gasteiger partial charge in [0.25, 0.3) is 0 Å². The molecule has 17 heavy (non-hydrogen) atoms. The number of hydrogen-bond donors (Lipinski definition) is 2. The van der Waals surface area contributed by atoms with E-state index in [2.05, 4.69) is 0 Å². The third kappa shape index (κ3) is 1.98. The summed E-state index contributed by atoms with van der Waals surface area (Å²) in [4.78, 5) is 0. The fraction of sp³-hybridized carbons (Fsp3) is 0.200. The van der Waals surface area contributed by atoms with Crippen molar-refractivity contribution < 1.29 is 10.2 Å². The van der Waals surface area contributed by atoms with Crippen LogP contribution >= 0.6 is 0 Å². The summed E-state index contributed by atoms with van der Waals surface area (Å²) in [7, 11) is 0. The van der Waals surface area contributed by atoms with Gasteiger partial charge >= 0.3 is 0 Å². The Kier molecular flexibility index (Phi) is 2.80. The van der Waals surface area contributed by atoms with Gasteiger partial charge in [-0.25, -0.2) is 0 Å². The van der Waals surface area contributed by atoms with Crippen LogP contribution < -0.4 is 0 Å². The first-order valence-corrected chi connectivity index (χ1v) is 5.60. The van der Waals surface area contributed by atoms with Crippen molar-refractivity contribution in [3.8, 4) is 22.6 Å². The first-order chi connectivity index (χ1) is 8.00. The molecule has 0 amide bonds. The molecule has 0 spiro atoms. The van der Waals surface area contributed by atoms with Crippen LogP contribution in [0.15, 0.2) is 30.3 Å². The van der Waals surface area contributed by atoms with E-state index in [0.29, 0.717) is 5.75 Å². The Morgan fingerprint density at radius 1 is 0.765 bits per heavy atom. The molecule has 2 N–H and O–H groups in total. The van der Waals surface area contributed by atoms with Crippen LogP contribution in [0.2, 0.25) is 0 Å². The van der Waals surface area contributed by atoms with Crippen molar-refractivity contribution in [1.29, 1.82) is 0 Å². The van der Waals surface area contributed by atoms with Crippen LogP contribution in [0.25, 0.3) is 11.1 Å². The van der Waals surface area contributed by atoms with Gasteiger partial charge in [0, 0.05) is 5.56 Å². The van der Waals surface area contributed by atoms with Crippen LogP contribution in [0.3, 0.4) is 0 Å². The highest BCUT2D eigenvalue weighted by Gasteiger charge is 2.11. The number of benzene rings is 2. The third-order valence-electron chi connectivity index (χ3n) is 3.06. The highest BCUT2D eigenvalue weighted by molar-refractivity contribution is 5.77. The van der Waals surface area contributed by atoms with E-state index < -0.39 is 0 Å². The topological polar surface area (TPSA) is 40.5 Å². The summed E-state index contributed by atoms with van der Waals surface area (Å²) < 4.78 is 0. The number of aryl methyl sites for hydroxylation is 3. The maximum absolute atomic E-state index is 9.97. The Labute approximate surface area is 101 Å². The third-order valence-corrected chi connectivity index (χ3v) is 3.06. The zero-order valence-electron chi connectivity index (χ0n) is 10.3. The molecule has 0 aliphatic rings. The maximum atomic E-state index is 9.97. The SMILES string of the molecule is Cc1cc(-c2c(C)cccc2O)c(C)cc1O.